The quantitative estimate of drug-likeness (QED) is 0.606. The molecule has 3 aromatic rings. The zero-order chi connectivity index (χ0) is 20.5. The van der Waals surface area contributed by atoms with Crippen molar-refractivity contribution in [3.8, 4) is 11.3 Å². The number of aromatic nitrogens is 1. The molecule has 0 spiro atoms. The predicted molar refractivity (Wildman–Crippen MR) is 114 cm³/mol. The molecule has 0 saturated carbocycles. The van der Waals surface area contributed by atoms with E-state index in [4.69, 9.17) is 16.6 Å². The number of hydrogen-bond acceptors (Lipinski definition) is 4. The maximum Gasteiger partial charge on any atom is 0.335 e. The lowest BCUT2D eigenvalue weighted by Crippen LogP contribution is -2.35. The second kappa shape index (κ2) is 7.67. The van der Waals surface area contributed by atoms with Crippen LogP contribution in [0.5, 0.6) is 0 Å². The van der Waals surface area contributed by atoms with Crippen LogP contribution in [0.4, 0.5) is 0 Å². The normalized spacial score (nSPS) is 18.9. The smallest absolute Gasteiger partial charge is 0.335 e. The van der Waals surface area contributed by atoms with Crippen molar-refractivity contribution in [3.05, 3.63) is 77.8 Å². The molecule has 148 valence electrons. The minimum absolute atomic E-state index is 0.143. The molecule has 2 atom stereocenters. The molecule has 0 aliphatic carbocycles. The first kappa shape index (κ1) is 19.1. The number of rotatable bonds is 5. The first-order valence-corrected chi connectivity index (χ1v) is 9.79. The Morgan fingerprint density at radius 1 is 1.21 bits per heavy atom. The Hall–Kier alpha value is -3.19. The molecule has 7 heteroatoms. The van der Waals surface area contributed by atoms with Gasteiger partial charge >= 0.3 is 5.97 Å². The zero-order valence-corrected chi connectivity index (χ0v) is 16.9. The molecule has 2 unspecified atom stereocenters. The predicted octanol–water partition coefficient (Wildman–Crippen LogP) is 4.42. The molecule has 1 fully saturated rings. The highest BCUT2D eigenvalue weighted by Gasteiger charge is 2.42. The number of carboxylic acid groups (broad SMARTS) is 1. The molecule has 3 heterocycles. The number of carboxylic acids is 1. The summed E-state index contributed by atoms with van der Waals surface area (Å²) in [5, 5.41) is 13.3. The summed E-state index contributed by atoms with van der Waals surface area (Å²) in [6.45, 7) is 4.17. The highest BCUT2D eigenvalue weighted by molar-refractivity contribution is 7.80. The fraction of sp³-hybridized carbons (Fsp3) is 0.227. The fourth-order valence-corrected chi connectivity index (χ4v) is 4.15. The van der Waals surface area contributed by atoms with Crippen LogP contribution in [-0.4, -0.2) is 32.1 Å². The lowest BCUT2D eigenvalue weighted by molar-refractivity contribution is 0.0697. The van der Waals surface area contributed by atoms with Gasteiger partial charge in [-0.15, -0.1) is 0 Å². The Bertz CT molecular complexity index is 1050. The maximum atomic E-state index is 11.3. The lowest BCUT2D eigenvalue weighted by Gasteiger charge is -2.29. The highest BCUT2D eigenvalue weighted by atomic mass is 32.1. The molecular formula is C22H21N3O3S. The SMILES string of the molecule is CC(C)N1C(=S)NC(c2ccccn2)C1c1ccc(-c2cccc(C(=O)O)c2)o1. The third-order valence-electron chi connectivity index (χ3n) is 5.00. The Kier molecular flexibility index (Phi) is 5.07. The molecule has 2 aromatic heterocycles. The molecule has 0 amide bonds. The number of furan rings is 1. The van der Waals surface area contributed by atoms with E-state index in [9.17, 15) is 9.90 Å². The Labute approximate surface area is 174 Å². The Balaban J connectivity index is 1.74. The van der Waals surface area contributed by atoms with Crippen LogP contribution in [0.25, 0.3) is 11.3 Å². The van der Waals surface area contributed by atoms with Gasteiger partial charge in [0, 0.05) is 17.8 Å². The van der Waals surface area contributed by atoms with E-state index in [1.165, 1.54) is 0 Å². The first-order chi connectivity index (χ1) is 14.0. The van der Waals surface area contributed by atoms with Crippen LogP contribution in [0.1, 0.15) is 47.7 Å². The number of carbonyl (C=O) groups is 1. The maximum absolute atomic E-state index is 11.3. The second-order valence-electron chi connectivity index (χ2n) is 7.22. The van der Waals surface area contributed by atoms with Crippen LogP contribution in [0.15, 0.2) is 65.2 Å². The van der Waals surface area contributed by atoms with Crippen LogP contribution < -0.4 is 5.32 Å². The average molecular weight is 407 g/mol. The summed E-state index contributed by atoms with van der Waals surface area (Å²) in [5.74, 6) is 0.395. The summed E-state index contributed by atoms with van der Waals surface area (Å²) in [4.78, 5) is 17.9. The number of pyridine rings is 1. The molecule has 29 heavy (non-hydrogen) atoms. The van der Waals surface area contributed by atoms with Crippen molar-refractivity contribution in [3.63, 3.8) is 0 Å². The van der Waals surface area contributed by atoms with Gasteiger partial charge in [0.1, 0.15) is 17.6 Å². The van der Waals surface area contributed by atoms with Crippen LogP contribution in [0, 0.1) is 0 Å². The van der Waals surface area contributed by atoms with E-state index >= 15 is 0 Å². The third kappa shape index (κ3) is 3.61. The zero-order valence-electron chi connectivity index (χ0n) is 16.1. The van der Waals surface area contributed by atoms with Gasteiger partial charge in [0.25, 0.3) is 0 Å². The third-order valence-corrected chi connectivity index (χ3v) is 5.33. The molecule has 1 aromatic carbocycles. The minimum atomic E-state index is -0.967. The molecule has 1 aliphatic heterocycles. The number of nitrogens with zero attached hydrogens (tertiary/aromatic N) is 2. The molecule has 1 saturated heterocycles. The van der Waals surface area contributed by atoms with Crippen LogP contribution in [0.2, 0.25) is 0 Å². The molecular weight excluding hydrogens is 386 g/mol. The van der Waals surface area contributed by atoms with E-state index < -0.39 is 5.97 Å². The van der Waals surface area contributed by atoms with Crippen molar-refractivity contribution in [1.29, 1.82) is 0 Å². The van der Waals surface area contributed by atoms with Gasteiger partial charge in [-0.1, -0.05) is 18.2 Å². The van der Waals surface area contributed by atoms with E-state index in [-0.39, 0.29) is 23.7 Å². The first-order valence-electron chi connectivity index (χ1n) is 9.39. The minimum Gasteiger partial charge on any atom is -0.478 e. The number of aromatic carboxylic acids is 1. The van der Waals surface area contributed by atoms with E-state index in [1.807, 2.05) is 36.4 Å². The van der Waals surface area contributed by atoms with Gasteiger partial charge in [-0.3, -0.25) is 4.98 Å². The van der Waals surface area contributed by atoms with Crippen molar-refractivity contribution < 1.29 is 14.3 Å². The summed E-state index contributed by atoms with van der Waals surface area (Å²) in [6.07, 6.45) is 1.76. The topological polar surface area (TPSA) is 78.6 Å². The van der Waals surface area contributed by atoms with Crippen molar-refractivity contribution in [1.82, 2.24) is 15.2 Å². The summed E-state index contributed by atoms with van der Waals surface area (Å²) >= 11 is 5.60. The van der Waals surface area contributed by atoms with Gasteiger partial charge in [0.05, 0.1) is 17.3 Å². The van der Waals surface area contributed by atoms with E-state index in [0.29, 0.717) is 10.9 Å². The standard InChI is InChI=1S/C22H21N3O3S/c1-13(2)25-20(19(24-22(25)29)16-8-3-4-11-23-16)18-10-9-17(28-18)14-6-5-7-15(12-14)21(26)27/h3-13,19-20H,1-2H3,(H,24,29)(H,26,27). The molecule has 0 radical (unpaired) electrons. The van der Waals surface area contributed by atoms with Gasteiger partial charge in [-0.2, -0.15) is 0 Å². The molecule has 2 N–H and O–H groups in total. The Morgan fingerprint density at radius 2 is 2.03 bits per heavy atom. The van der Waals surface area contributed by atoms with Gasteiger partial charge in [-0.05, 0) is 62.5 Å². The van der Waals surface area contributed by atoms with Gasteiger partial charge in [0.15, 0.2) is 5.11 Å². The van der Waals surface area contributed by atoms with Crippen molar-refractivity contribution in [2.75, 3.05) is 0 Å². The van der Waals surface area contributed by atoms with E-state index in [0.717, 1.165) is 17.0 Å². The van der Waals surface area contributed by atoms with Crippen LogP contribution in [-0.2, 0) is 0 Å². The molecule has 0 bridgehead atoms. The summed E-state index contributed by atoms with van der Waals surface area (Å²) in [5.41, 5.74) is 1.82. The van der Waals surface area contributed by atoms with Crippen molar-refractivity contribution in [2.45, 2.75) is 32.0 Å². The largest absolute Gasteiger partial charge is 0.478 e. The number of thiocarbonyl (C=S) groups is 1. The Morgan fingerprint density at radius 3 is 2.72 bits per heavy atom. The highest BCUT2D eigenvalue weighted by Crippen LogP contribution is 2.41. The summed E-state index contributed by atoms with van der Waals surface area (Å²) < 4.78 is 6.21. The second-order valence-corrected chi connectivity index (χ2v) is 7.60. The van der Waals surface area contributed by atoms with Crippen LogP contribution >= 0.6 is 12.2 Å². The van der Waals surface area contributed by atoms with E-state index in [1.54, 1.807) is 24.4 Å². The number of nitrogens with one attached hydrogen (secondary N) is 1. The van der Waals surface area contributed by atoms with Crippen LogP contribution in [0.3, 0.4) is 0 Å². The summed E-state index contributed by atoms with van der Waals surface area (Å²) in [6, 6.07) is 16.2. The molecule has 1 aliphatic rings. The monoisotopic (exact) mass is 407 g/mol. The van der Waals surface area contributed by atoms with Gasteiger partial charge in [0.2, 0.25) is 0 Å². The van der Waals surface area contributed by atoms with Gasteiger partial charge < -0.3 is 19.7 Å². The van der Waals surface area contributed by atoms with Crippen molar-refractivity contribution >= 4 is 23.3 Å². The number of benzene rings is 1. The lowest BCUT2D eigenvalue weighted by atomic mass is 10.0. The number of hydrogen-bond donors (Lipinski definition) is 2. The van der Waals surface area contributed by atoms with E-state index in [2.05, 4.69) is 29.0 Å². The van der Waals surface area contributed by atoms with Gasteiger partial charge in [-0.25, -0.2) is 4.79 Å². The van der Waals surface area contributed by atoms with Crippen molar-refractivity contribution in [2.24, 2.45) is 0 Å². The summed E-state index contributed by atoms with van der Waals surface area (Å²) in [7, 11) is 0. The molecule has 4 rings (SSSR count). The fourth-order valence-electron chi connectivity index (χ4n) is 3.70. The average Bonchev–Trinajstić information content (AvgIpc) is 3.33. The molecule has 6 nitrogen and oxygen atoms in total.